The maximum absolute atomic E-state index is 11.3. The fourth-order valence-electron chi connectivity index (χ4n) is 1.18. The third-order valence-corrected chi connectivity index (χ3v) is 2.03. The van der Waals surface area contributed by atoms with Crippen LogP contribution in [0.15, 0.2) is 4.99 Å². The Morgan fingerprint density at radius 2 is 2.50 bits per heavy atom. The van der Waals surface area contributed by atoms with Crippen LogP contribution in [0.3, 0.4) is 0 Å². The molecule has 0 saturated heterocycles. The van der Waals surface area contributed by atoms with Crippen LogP contribution >= 0.6 is 12.6 Å². The van der Waals surface area contributed by atoms with E-state index >= 15 is 0 Å². The Morgan fingerprint density at radius 1 is 1.83 bits per heavy atom. The van der Waals surface area contributed by atoms with Gasteiger partial charge in [0, 0.05) is 6.21 Å². The lowest BCUT2D eigenvalue weighted by atomic mass is 10.0. The van der Waals surface area contributed by atoms with E-state index in [1.807, 2.05) is 0 Å². The Bertz CT molecular complexity index is 213. The lowest BCUT2D eigenvalue weighted by molar-refractivity contribution is -0.124. The SMILES string of the molecule is CCCC1C=NC(C)(S)NC1=O. The molecule has 2 unspecified atom stereocenters. The van der Waals surface area contributed by atoms with E-state index in [0.717, 1.165) is 12.8 Å². The maximum atomic E-state index is 11.3. The maximum Gasteiger partial charge on any atom is 0.230 e. The molecule has 1 aliphatic rings. The molecule has 1 heterocycles. The summed E-state index contributed by atoms with van der Waals surface area (Å²) in [5.74, 6) is -0.0282. The fraction of sp³-hybridized carbons (Fsp3) is 0.750. The first kappa shape index (κ1) is 9.58. The Morgan fingerprint density at radius 3 is 3.00 bits per heavy atom. The molecule has 0 aromatic carbocycles. The highest BCUT2D eigenvalue weighted by Gasteiger charge is 2.28. The zero-order chi connectivity index (χ0) is 9.19. The lowest BCUT2D eigenvalue weighted by Crippen LogP contribution is -2.47. The van der Waals surface area contributed by atoms with Crippen LogP contribution in [0.2, 0.25) is 0 Å². The van der Waals surface area contributed by atoms with Gasteiger partial charge in [0.2, 0.25) is 5.91 Å². The number of hydrogen-bond acceptors (Lipinski definition) is 3. The van der Waals surface area contributed by atoms with E-state index in [4.69, 9.17) is 0 Å². The highest BCUT2D eigenvalue weighted by Crippen LogP contribution is 2.18. The smallest absolute Gasteiger partial charge is 0.230 e. The number of rotatable bonds is 2. The summed E-state index contributed by atoms with van der Waals surface area (Å²) in [5, 5.41) is 2.72. The molecule has 0 aromatic heterocycles. The van der Waals surface area contributed by atoms with Crippen molar-refractivity contribution in [3.05, 3.63) is 0 Å². The summed E-state index contributed by atoms with van der Waals surface area (Å²) < 4.78 is 0. The van der Waals surface area contributed by atoms with E-state index in [-0.39, 0.29) is 11.8 Å². The normalized spacial score (nSPS) is 34.9. The van der Waals surface area contributed by atoms with Gasteiger partial charge >= 0.3 is 0 Å². The predicted molar refractivity (Wildman–Crippen MR) is 52.4 cm³/mol. The van der Waals surface area contributed by atoms with Crippen LogP contribution in [0.1, 0.15) is 26.7 Å². The Hall–Kier alpha value is -0.510. The summed E-state index contributed by atoms with van der Waals surface area (Å²) in [4.78, 5) is 14.8. The molecule has 0 spiro atoms. The molecule has 0 bridgehead atoms. The molecule has 3 nitrogen and oxygen atoms in total. The van der Waals surface area contributed by atoms with Crippen LogP contribution in [0.25, 0.3) is 0 Å². The number of hydrogen-bond donors (Lipinski definition) is 2. The van der Waals surface area contributed by atoms with Gasteiger partial charge in [0.05, 0.1) is 5.92 Å². The third kappa shape index (κ3) is 2.24. The first-order valence-corrected chi connectivity index (χ1v) is 4.59. The van der Waals surface area contributed by atoms with Gasteiger partial charge in [0.15, 0.2) is 4.99 Å². The van der Waals surface area contributed by atoms with E-state index < -0.39 is 4.99 Å². The standard InChI is InChI=1S/C8H14N2OS/c1-3-4-6-5-9-8(2,12)10-7(6)11/h5-6,12H,3-4H2,1-2H3,(H,10,11). The average molecular weight is 186 g/mol. The monoisotopic (exact) mass is 186 g/mol. The largest absolute Gasteiger partial charge is 0.323 e. The zero-order valence-corrected chi connectivity index (χ0v) is 8.27. The van der Waals surface area contributed by atoms with Crippen LogP contribution in [-0.2, 0) is 4.79 Å². The number of carbonyl (C=O) groups excluding carboxylic acids is 1. The summed E-state index contributed by atoms with van der Waals surface area (Å²) in [6, 6.07) is 0. The second-order valence-electron chi connectivity index (χ2n) is 3.18. The lowest BCUT2D eigenvalue weighted by Gasteiger charge is -2.27. The van der Waals surface area contributed by atoms with Crippen LogP contribution in [0, 0.1) is 5.92 Å². The van der Waals surface area contributed by atoms with Crippen molar-refractivity contribution in [2.45, 2.75) is 31.7 Å². The Balaban J connectivity index is 2.66. The van der Waals surface area contributed by atoms with Crippen molar-refractivity contribution in [3.8, 4) is 0 Å². The van der Waals surface area contributed by atoms with Gasteiger partial charge in [-0.25, -0.2) is 0 Å². The summed E-state index contributed by atoms with van der Waals surface area (Å²) in [6.07, 6.45) is 3.56. The molecule has 0 radical (unpaired) electrons. The molecule has 0 fully saturated rings. The molecule has 1 N–H and O–H groups in total. The van der Waals surface area contributed by atoms with Crippen molar-refractivity contribution < 1.29 is 4.79 Å². The number of nitrogens with one attached hydrogen (secondary N) is 1. The molecular formula is C8H14N2OS. The van der Waals surface area contributed by atoms with Crippen LogP contribution in [0.5, 0.6) is 0 Å². The van der Waals surface area contributed by atoms with Crippen molar-refractivity contribution >= 4 is 24.8 Å². The topological polar surface area (TPSA) is 41.5 Å². The van der Waals surface area contributed by atoms with E-state index in [1.54, 1.807) is 13.1 Å². The molecule has 1 rings (SSSR count). The molecule has 1 amide bonds. The van der Waals surface area contributed by atoms with E-state index in [9.17, 15) is 4.79 Å². The highest BCUT2D eigenvalue weighted by molar-refractivity contribution is 7.81. The second-order valence-corrected chi connectivity index (χ2v) is 4.05. The van der Waals surface area contributed by atoms with Crippen molar-refractivity contribution in [3.63, 3.8) is 0 Å². The second kappa shape index (κ2) is 3.47. The molecule has 0 aliphatic carbocycles. The van der Waals surface area contributed by atoms with Gasteiger partial charge in [0.25, 0.3) is 0 Å². The third-order valence-electron chi connectivity index (χ3n) is 1.80. The zero-order valence-electron chi connectivity index (χ0n) is 7.37. The van der Waals surface area contributed by atoms with Crippen molar-refractivity contribution in [1.29, 1.82) is 0 Å². The van der Waals surface area contributed by atoms with Crippen LogP contribution in [-0.4, -0.2) is 17.1 Å². The summed E-state index contributed by atoms with van der Waals surface area (Å²) in [5.41, 5.74) is 0. The van der Waals surface area contributed by atoms with Crippen LogP contribution < -0.4 is 5.32 Å². The minimum Gasteiger partial charge on any atom is -0.323 e. The number of thiol groups is 1. The van der Waals surface area contributed by atoms with Gasteiger partial charge in [-0.15, -0.1) is 12.6 Å². The minimum atomic E-state index is -0.707. The first-order valence-electron chi connectivity index (χ1n) is 4.15. The summed E-state index contributed by atoms with van der Waals surface area (Å²) in [7, 11) is 0. The Labute approximate surface area is 78.0 Å². The molecular weight excluding hydrogens is 172 g/mol. The van der Waals surface area contributed by atoms with Gasteiger partial charge < -0.3 is 5.32 Å². The van der Waals surface area contributed by atoms with Crippen LogP contribution in [0.4, 0.5) is 0 Å². The molecule has 68 valence electrons. The van der Waals surface area contributed by atoms with Gasteiger partial charge in [-0.1, -0.05) is 13.3 Å². The fourth-order valence-corrected chi connectivity index (χ4v) is 1.35. The van der Waals surface area contributed by atoms with Gasteiger partial charge in [-0.2, -0.15) is 0 Å². The summed E-state index contributed by atoms with van der Waals surface area (Å²) >= 11 is 4.16. The number of carbonyl (C=O) groups is 1. The van der Waals surface area contributed by atoms with E-state index in [2.05, 4.69) is 29.9 Å². The molecule has 0 aromatic rings. The number of amides is 1. The van der Waals surface area contributed by atoms with Gasteiger partial charge in [0.1, 0.15) is 0 Å². The number of nitrogens with zero attached hydrogens (tertiary/aromatic N) is 1. The molecule has 0 saturated carbocycles. The van der Waals surface area contributed by atoms with Crippen molar-refractivity contribution in [2.75, 3.05) is 0 Å². The van der Waals surface area contributed by atoms with Gasteiger partial charge in [-0.3, -0.25) is 9.79 Å². The quantitative estimate of drug-likeness (QED) is 0.625. The summed E-state index contributed by atoms with van der Waals surface area (Å²) in [6.45, 7) is 3.81. The van der Waals surface area contributed by atoms with E-state index in [1.165, 1.54) is 0 Å². The number of aliphatic imine (C=N–C) groups is 1. The highest BCUT2D eigenvalue weighted by atomic mass is 32.1. The Kier molecular flexibility index (Phi) is 2.77. The molecule has 12 heavy (non-hydrogen) atoms. The van der Waals surface area contributed by atoms with E-state index in [0.29, 0.717) is 0 Å². The average Bonchev–Trinajstić information content (AvgIpc) is 1.94. The van der Waals surface area contributed by atoms with Crippen molar-refractivity contribution in [2.24, 2.45) is 10.9 Å². The molecule has 1 aliphatic heterocycles. The molecule has 4 heteroatoms. The van der Waals surface area contributed by atoms with Crippen molar-refractivity contribution in [1.82, 2.24) is 5.32 Å². The predicted octanol–water partition coefficient (Wildman–Crippen LogP) is 1.21. The minimum absolute atomic E-state index is 0.0318. The molecule has 2 atom stereocenters. The van der Waals surface area contributed by atoms with Gasteiger partial charge in [-0.05, 0) is 13.3 Å². The first-order chi connectivity index (χ1) is 5.55.